The fraction of sp³-hybridized carbons (Fsp3) is 0.667. The number of aliphatic hydroxyl groups excluding tert-OH is 1. The van der Waals surface area contributed by atoms with Crippen LogP contribution in [0.3, 0.4) is 0 Å². The molecule has 0 amide bonds. The van der Waals surface area contributed by atoms with Gasteiger partial charge in [0.05, 0.1) is 24.2 Å². The van der Waals surface area contributed by atoms with Crippen LogP contribution >= 0.6 is 0 Å². The second-order valence-electron chi connectivity index (χ2n) is 4.84. The maximum atomic E-state index is 9.24. The average Bonchev–Trinajstić information content (AvgIpc) is 2.47. The normalized spacial score (nSPS) is 12.7. The van der Waals surface area contributed by atoms with Crippen LogP contribution in [-0.4, -0.2) is 29.3 Å². The van der Waals surface area contributed by atoms with E-state index in [1.807, 2.05) is 12.3 Å². The number of nitrogens with two attached hydrogens (primary N) is 1. The van der Waals surface area contributed by atoms with Gasteiger partial charge in [-0.2, -0.15) is 0 Å². The maximum Gasteiger partial charge on any atom is 0.0606 e. The highest BCUT2D eigenvalue weighted by Crippen LogP contribution is 2.21. The summed E-state index contributed by atoms with van der Waals surface area (Å²) in [5.41, 5.74) is 7.97. The summed E-state index contributed by atoms with van der Waals surface area (Å²) in [6.07, 6.45) is 4.89. The molecule has 4 nitrogen and oxygen atoms in total. The Morgan fingerprint density at radius 1 is 1.21 bits per heavy atom. The smallest absolute Gasteiger partial charge is 0.0606 e. The first kappa shape index (κ1) is 15.9. The molecule has 0 radical (unpaired) electrons. The Bertz CT molecular complexity index is 349. The van der Waals surface area contributed by atoms with Crippen LogP contribution in [0.25, 0.3) is 0 Å². The standard InChI is InChI=1S/C15H27N3O/c1-4-12(5-2)18(9-10-19)13-7-8-15(17-11-13)14(16)6-3/h7-8,11-12,14,19H,4-6,9-10,16H2,1-3H3. The lowest BCUT2D eigenvalue weighted by Crippen LogP contribution is -2.36. The molecule has 0 saturated heterocycles. The molecule has 0 fully saturated rings. The van der Waals surface area contributed by atoms with Gasteiger partial charge in [0.15, 0.2) is 0 Å². The lowest BCUT2D eigenvalue weighted by Gasteiger charge is -2.32. The van der Waals surface area contributed by atoms with Crippen molar-refractivity contribution in [3.8, 4) is 0 Å². The van der Waals surface area contributed by atoms with Gasteiger partial charge >= 0.3 is 0 Å². The number of rotatable bonds is 8. The van der Waals surface area contributed by atoms with Crippen LogP contribution in [0.1, 0.15) is 51.8 Å². The van der Waals surface area contributed by atoms with Crippen molar-refractivity contribution in [2.24, 2.45) is 5.73 Å². The van der Waals surface area contributed by atoms with E-state index in [1.54, 1.807) is 0 Å². The number of hydrogen-bond acceptors (Lipinski definition) is 4. The molecule has 19 heavy (non-hydrogen) atoms. The second kappa shape index (κ2) is 8.12. The van der Waals surface area contributed by atoms with Crippen molar-refractivity contribution in [1.29, 1.82) is 0 Å². The van der Waals surface area contributed by atoms with Crippen LogP contribution < -0.4 is 10.6 Å². The first-order valence-corrected chi connectivity index (χ1v) is 7.26. The Balaban J connectivity index is 2.90. The maximum absolute atomic E-state index is 9.24. The first-order chi connectivity index (χ1) is 9.17. The summed E-state index contributed by atoms with van der Waals surface area (Å²) in [6, 6.07) is 4.51. The lowest BCUT2D eigenvalue weighted by atomic mass is 10.1. The highest BCUT2D eigenvalue weighted by molar-refractivity contribution is 5.46. The predicted octanol–water partition coefficient (Wildman–Crippen LogP) is 2.48. The average molecular weight is 265 g/mol. The minimum atomic E-state index is 0.00786. The minimum Gasteiger partial charge on any atom is -0.395 e. The molecule has 1 heterocycles. The molecule has 4 heteroatoms. The van der Waals surface area contributed by atoms with Crippen molar-refractivity contribution in [2.45, 2.75) is 52.1 Å². The van der Waals surface area contributed by atoms with Gasteiger partial charge in [-0.05, 0) is 31.4 Å². The van der Waals surface area contributed by atoms with Crippen molar-refractivity contribution in [2.75, 3.05) is 18.1 Å². The van der Waals surface area contributed by atoms with Crippen molar-refractivity contribution < 1.29 is 5.11 Å². The van der Waals surface area contributed by atoms with E-state index in [0.29, 0.717) is 12.6 Å². The van der Waals surface area contributed by atoms with E-state index in [0.717, 1.165) is 30.6 Å². The second-order valence-corrected chi connectivity index (χ2v) is 4.84. The van der Waals surface area contributed by atoms with Gasteiger partial charge in [0, 0.05) is 18.6 Å². The van der Waals surface area contributed by atoms with Crippen LogP contribution in [0.4, 0.5) is 5.69 Å². The quantitative estimate of drug-likeness (QED) is 0.758. The molecule has 0 aliphatic heterocycles. The zero-order valence-electron chi connectivity index (χ0n) is 12.3. The van der Waals surface area contributed by atoms with Gasteiger partial charge in [-0.25, -0.2) is 0 Å². The molecular weight excluding hydrogens is 238 g/mol. The molecule has 1 aromatic rings. The van der Waals surface area contributed by atoms with Crippen molar-refractivity contribution in [1.82, 2.24) is 4.98 Å². The van der Waals surface area contributed by atoms with E-state index in [2.05, 4.69) is 36.7 Å². The van der Waals surface area contributed by atoms with Crippen LogP contribution in [-0.2, 0) is 0 Å². The summed E-state index contributed by atoms with van der Waals surface area (Å²) in [5, 5.41) is 9.24. The fourth-order valence-electron chi connectivity index (χ4n) is 2.36. The Labute approximate surface area is 116 Å². The number of anilines is 1. The Hall–Kier alpha value is -1.13. The third-order valence-corrected chi connectivity index (χ3v) is 3.65. The summed E-state index contributed by atoms with van der Waals surface area (Å²) in [4.78, 5) is 6.69. The molecule has 0 saturated carbocycles. The molecule has 0 aliphatic carbocycles. The van der Waals surface area contributed by atoms with Crippen molar-refractivity contribution in [3.63, 3.8) is 0 Å². The molecule has 1 aromatic heterocycles. The lowest BCUT2D eigenvalue weighted by molar-refractivity contribution is 0.296. The summed E-state index contributed by atoms with van der Waals surface area (Å²) in [6.45, 7) is 7.21. The fourth-order valence-corrected chi connectivity index (χ4v) is 2.36. The van der Waals surface area contributed by atoms with Gasteiger partial charge in [-0.3, -0.25) is 4.98 Å². The van der Waals surface area contributed by atoms with E-state index < -0.39 is 0 Å². The monoisotopic (exact) mass is 265 g/mol. The van der Waals surface area contributed by atoms with Gasteiger partial charge in [0.1, 0.15) is 0 Å². The van der Waals surface area contributed by atoms with Gasteiger partial charge in [0.25, 0.3) is 0 Å². The van der Waals surface area contributed by atoms with E-state index in [4.69, 9.17) is 5.73 Å². The van der Waals surface area contributed by atoms with Crippen LogP contribution in [0.2, 0.25) is 0 Å². The zero-order chi connectivity index (χ0) is 14.3. The minimum absolute atomic E-state index is 0.00786. The summed E-state index contributed by atoms with van der Waals surface area (Å²) in [5.74, 6) is 0. The summed E-state index contributed by atoms with van der Waals surface area (Å²) >= 11 is 0. The summed E-state index contributed by atoms with van der Waals surface area (Å²) in [7, 11) is 0. The number of pyridine rings is 1. The summed E-state index contributed by atoms with van der Waals surface area (Å²) < 4.78 is 0. The number of nitrogens with zero attached hydrogens (tertiary/aromatic N) is 2. The number of aromatic nitrogens is 1. The van der Waals surface area contributed by atoms with E-state index in [1.165, 1.54) is 0 Å². The molecule has 1 unspecified atom stereocenters. The topological polar surface area (TPSA) is 62.4 Å². The highest BCUT2D eigenvalue weighted by atomic mass is 16.3. The van der Waals surface area contributed by atoms with Crippen molar-refractivity contribution >= 4 is 5.69 Å². The van der Waals surface area contributed by atoms with E-state index in [9.17, 15) is 5.11 Å². The largest absolute Gasteiger partial charge is 0.395 e. The third-order valence-electron chi connectivity index (χ3n) is 3.65. The SMILES string of the molecule is CCC(N)c1ccc(N(CCO)C(CC)CC)cn1. The molecule has 1 atom stereocenters. The molecule has 3 N–H and O–H groups in total. The van der Waals surface area contributed by atoms with Gasteiger partial charge in [0.2, 0.25) is 0 Å². The van der Waals surface area contributed by atoms with E-state index in [-0.39, 0.29) is 12.6 Å². The van der Waals surface area contributed by atoms with Gasteiger partial charge < -0.3 is 15.7 Å². The Morgan fingerprint density at radius 2 is 1.89 bits per heavy atom. The number of hydrogen-bond donors (Lipinski definition) is 2. The molecule has 1 rings (SSSR count). The molecule has 108 valence electrons. The highest BCUT2D eigenvalue weighted by Gasteiger charge is 2.16. The molecule has 0 aliphatic rings. The molecule has 0 spiro atoms. The molecule has 0 bridgehead atoms. The van der Waals surface area contributed by atoms with Gasteiger partial charge in [-0.15, -0.1) is 0 Å². The third kappa shape index (κ3) is 4.18. The Morgan fingerprint density at radius 3 is 2.32 bits per heavy atom. The van der Waals surface area contributed by atoms with Crippen LogP contribution in [0, 0.1) is 0 Å². The first-order valence-electron chi connectivity index (χ1n) is 7.26. The van der Waals surface area contributed by atoms with Crippen molar-refractivity contribution in [3.05, 3.63) is 24.0 Å². The predicted molar refractivity (Wildman–Crippen MR) is 80.3 cm³/mol. The molecular formula is C15H27N3O. The zero-order valence-corrected chi connectivity index (χ0v) is 12.3. The van der Waals surface area contributed by atoms with Crippen LogP contribution in [0.5, 0.6) is 0 Å². The number of aliphatic hydroxyl groups is 1. The van der Waals surface area contributed by atoms with Gasteiger partial charge in [-0.1, -0.05) is 20.8 Å². The molecule has 0 aromatic carbocycles. The Kier molecular flexibility index (Phi) is 6.81. The van der Waals surface area contributed by atoms with E-state index >= 15 is 0 Å². The van der Waals surface area contributed by atoms with Crippen LogP contribution in [0.15, 0.2) is 18.3 Å².